The molecule has 0 aromatic heterocycles. The Bertz CT molecular complexity index is 698. The van der Waals surface area contributed by atoms with Gasteiger partial charge in [0.25, 0.3) is 5.79 Å². The van der Waals surface area contributed by atoms with Crippen LogP contribution >= 0.6 is 0 Å². The number of terminal acetylenes is 1. The van der Waals surface area contributed by atoms with Crippen LogP contribution in [0.5, 0.6) is 0 Å². The minimum Gasteiger partial charge on any atom is -0.481 e. The Balaban J connectivity index is 3.16. The lowest BCUT2D eigenvalue weighted by atomic mass is 9.88. The third kappa shape index (κ3) is 8.52. The molecule has 8 N–H and O–H groups in total. The maximum Gasteiger partial charge on any atom is 0.364 e. The van der Waals surface area contributed by atoms with Gasteiger partial charge in [0.1, 0.15) is 25.4 Å². The molecule has 0 aromatic rings. The number of unbranched alkanes of at least 4 members (excludes halogenated alkanes) is 2. The largest absolute Gasteiger partial charge is 0.481 e. The van der Waals surface area contributed by atoms with Gasteiger partial charge in [-0.2, -0.15) is 0 Å². The topological polar surface area (TPSA) is 218 Å². The molecule has 1 amide bonds. The number of nitrogens with two attached hydrogens (primary N) is 1. The SMILES string of the molecule is C#CCOC1CC(OCCCCCC(=O)O)(C(=O)O)OC([C@H](O)[C@H](O)CN)C1NC(=O)CO. The van der Waals surface area contributed by atoms with Crippen LogP contribution in [0.15, 0.2) is 0 Å². The molecule has 13 nitrogen and oxygen atoms in total. The Kier molecular flexibility index (Phi) is 12.2. The Labute approximate surface area is 190 Å². The number of amides is 1. The summed E-state index contributed by atoms with van der Waals surface area (Å²) >= 11 is 0. The Morgan fingerprint density at radius 1 is 1.24 bits per heavy atom. The fourth-order valence-electron chi connectivity index (χ4n) is 3.39. The highest BCUT2D eigenvalue weighted by Gasteiger charge is 2.56. The number of rotatable bonds is 15. The Hall–Kier alpha value is -2.31. The molecule has 1 saturated heterocycles. The van der Waals surface area contributed by atoms with Gasteiger partial charge in [-0.3, -0.25) is 9.59 Å². The minimum absolute atomic E-state index is 0.0416. The third-order valence-corrected chi connectivity index (χ3v) is 5.07. The number of aliphatic hydroxyl groups is 3. The van der Waals surface area contributed by atoms with Crippen molar-refractivity contribution in [2.75, 3.05) is 26.4 Å². The first kappa shape index (κ1) is 28.7. The standard InChI is InChI=1S/C20H32N2O11/c1-2-7-31-13-9-20(19(29)30,32-8-5-3-4-6-15(26)27)33-18(17(28)12(24)10-21)16(13)22-14(25)11-23/h1,12-13,16-18,23-24,28H,3-11,21H2,(H,22,25)(H,26,27)(H,29,30)/t12-,13?,16?,17-,18?,20?/m1/s1. The van der Waals surface area contributed by atoms with Crippen LogP contribution in [0.4, 0.5) is 0 Å². The average Bonchev–Trinajstić information content (AvgIpc) is 2.79. The average molecular weight is 476 g/mol. The molecule has 1 fully saturated rings. The first-order valence-corrected chi connectivity index (χ1v) is 10.4. The summed E-state index contributed by atoms with van der Waals surface area (Å²) in [5.41, 5.74) is 5.40. The zero-order chi connectivity index (χ0) is 25.0. The van der Waals surface area contributed by atoms with Gasteiger partial charge >= 0.3 is 11.9 Å². The quantitative estimate of drug-likeness (QED) is 0.0955. The van der Waals surface area contributed by atoms with E-state index >= 15 is 0 Å². The molecule has 1 aliphatic rings. The number of ether oxygens (including phenoxy) is 3. The van der Waals surface area contributed by atoms with Crippen molar-refractivity contribution in [3.05, 3.63) is 0 Å². The maximum absolute atomic E-state index is 12.2. The second-order valence-corrected chi connectivity index (χ2v) is 7.50. The van der Waals surface area contributed by atoms with E-state index in [-0.39, 0.29) is 19.6 Å². The number of aliphatic carboxylic acids is 2. The van der Waals surface area contributed by atoms with Crippen molar-refractivity contribution >= 4 is 17.8 Å². The van der Waals surface area contributed by atoms with Crippen LogP contribution in [0.2, 0.25) is 0 Å². The van der Waals surface area contributed by atoms with E-state index in [0.717, 1.165) is 0 Å². The summed E-state index contributed by atoms with van der Waals surface area (Å²) in [6.07, 6.45) is -0.114. The lowest BCUT2D eigenvalue weighted by Crippen LogP contribution is -2.68. The van der Waals surface area contributed by atoms with Crippen LogP contribution in [0.3, 0.4) is 0 Å². The fraction of sp³-hybridized carbons (Fsp3) is 0.750. The highest BCUT2D eigenvalue weighted by Crippen LogP contribution is 2.35. The number of hydrogen-bond donors (Lipinski definition) is 7. The second kappa shape index (κ2) is 14.1. The van der Waals surface area contributed by atoms with Crippen molar-refractivity contribution in [3.63, 3.8) is 0 Å². The normalized spacial score (nSPS) is 26.7. The maximum atomic E-state index is 12.2. The zero-order valence-corrected chi connectivity index (χ0v) is 18.1. The van der Waals surface area contributed by atoms with Gasteiger partial charge in [0.05, 0.1) is 24.9 Å². The summed E-state index contributed by atoms with van der Waals surface area (Å²) in [6, 6.07) is -1.21. The van der Waals surface area contributed by atoms with Crippen molar-refractivity contribution in [1.82, 2.24) is 5.32 Å². The first-order chi connectivity index (χ1) is 15.6. The van der Waals surface area contributed by atoms with Crippen LogP contribution in [0.1, 0.15) is 32.1 Å². The summed E-state index contributed by atoms with van der Waals surface area (Å²) in [7, 11) is 0. The summed E-state index contributed by atoms with van der Waals surface area (Å²) in [5, 5.41) is 50.7. The minimum atomic E-state index is -2.33. The van der Waals surface area contributed by atoms with Crippen molar-refractivity contribution < 1.29 is 54.1 Å². The number of carbonyl (C=O) groups is 3. The molecular formula is C20H32N2O11. The van der Waals surface area contributed by atoms with E-state index in [0.29, 0.717) is 19.3 Å². The van der Waals surface area contributed by atoms with Crippen molar-refractivity contribution in [2.45, 2.75) is 68.3 Å². The molecule has 0 radical (unpaired) electrons. The highest BCUT2D eigenvalue weighted by atomic mass is 16.7. The van der Waals surface area contributed by atoms with E-state index in [4.69, 9.17) is 36.6 Å². The van der Waals surface area contributed by atoms with Gasteiger partial charge in [0, 0.05) is 19.4 Å². The monoisotopic (exact) mass is 476 g/mol. The van der Waals surface area contributed by atoms with Crippen LogP contribution < -0.4 is 11.1 Å². The smallest absolute Gasteiger partial charge is 0.364 e. The summed E-state index contributed by atoms with van der Waals surface area (Å²) < 4.78 is 16.7. The van der Waals surface area contributed by atoms with E-state index in [1.807, 2.05) is 0 Å². The van der Waals surface area contributed by atoms with Gasteiger partial charge in [-0.25, -0.2) is 4.79 Å². The van der Waals surface area contributed by atoms with Crippen LogP contribution in [0, 0.1) is 12.3 Å². The Morgan fingerprint density at radius 2 is 1.94 bits per heavy atom. The van der Waals surface area contributed by atoms with Gasteiger partial charge < -0.3 is 50.8 Å². The van der Waals surface area contributed by atoms with E-state index < -0.39 is 73.7 Å². The number of carboxylic acid groups (broad SMARTS) is 2. The Morgan fingerprint density at radius 3 is 2.48 bits per heavy atom. The molecular weight excluding hydrogens is 444 g/mol. The number of carbonyl (C=O) groups excluding carboxylic acids is 1. The summed E-state index contributed by atoms with van der Waals surface area (Å²) in [4.78, 5) is 34.6. The van der Waals surface area contributed by atoms with E-state index in [2.05, 4.69) is 11.2 Å². The molecule has 33 heavy (non-hydrogen) atoms. The molecule has 0 spiro atoms. The highest BCUT2D eigenvalue weighted by molar-refractivity contribution is 5.78. The second-order valence-electron chi connectivity index (χ2n) is 7.50. The van der Waals surface area contributed by atoms with Crippen LogP contribution in [0.25, 0.3) is 0 Å². The molecule has 188 valence electrons. The molecule has 1 heterocycles. The van der Waals surface area contributed by atoms with Crippen molar-refractivity contribution in [1.29, 1.82) is 0 Å². The van der Waals surface area contributed by atoms with Gasteiger partial charge in [0.2, 0.25) is 5.91 Å². The van der Waals surface area contributed by atoms with E-state index in [9.17, 15) is 29.7 Å². The van der Waals surface area contributed by atoms with Gasteiger partial charge in [-0.15, -0.1) is 6.42 Å². The van der Waals surface area contributed by atoms with Crippen molar-refractivity contribution in [2.24, 2.45) is 5.73 Å². The predicted molar refractivity (Wildman–Crippen MR) is 111 cm³/mol. The zero-order valence-electron chi connectivity index (χ0n) is 18.1. The van der Waals surface area contributed by atoms with E-state index in [1.165, 1.54) is 0 Å². The number of aliphatic hydroxyl groups excluding tert-OH is 3. The number of carboxylic acids is 2. The molecule has 1 aliphatic heterocycles. The lowest BCUT2D eigenvalue weighted by molar-refractivity contribution is -0.313. The molecule has 13 heteroatoms. The molecule has 1 rings (SSSR count). The lowest BCUT2D eigenvalue weighted by Gasteiger charge is -2.47. The molecule has 0 bridgehead atoms. The van der Waals surface area contributed by atoms with Crippen LogP contribution in [-0.4, -0.2) is 106 Å². The van der Waals surface area contributed by atoms with E-state index in [1.54, 1.807) is 0 Å². The summed E-state index contributed by atoms with van der Waals surface area (Å²) in [5.74, 6) is -3.47. The number of hydrogen-bond acceptors (Lipinski definition) is 10. The van der Waals surface area contributed by atoms with Gasteiger partial charge in [-0.05, 0) is 12.8 Å². The fourth-order valence-corrected chi connectivity index (χ4v) is 3.39. The molecule has 4 unspecified atom stereocenters. The van der Waals surface area contributed by atoms with Gasteiger partial charge in [0.15, 0.2) is 0 Å². The number of nitrogens with one attached hydrogen (secondary N) is 1. The first-order valence-electron chi connectivity index (χ1n) is 10.4. The molecule has 0 aliphatic carbocycles. The molecule has 6 atom stereocenters. The predicted octanol–water partition coefficient (Wildman–Crippen LogP) is -2.61. The van der Waals surface area contributed by atoms with Crippen LogP contribution in [-0.2, 0) is 28.6 Å². The third-order valence-electron chi connectivity index (χ3n) is 5.07. The van der Waals surface area contributed by atoms with Gasteiger partial charge in [-0.1, -0.05) is 12.3 Å². The van der Waals surface area contributed by atoms with Crippen molar-refractivity contribution in [3.8, 4) is 12.3 Å². The summed E-state index contributed by atoms with van der Waals surface area (Å²) in [6.45, 7) is -1.70. The molecule has 0 saturated carbocycles. The molecule has 0 aromatic carbocycles.